The molecule has 0 aliphatic rings. The zero-order valence-corrected chi connectivity index (χ0v) is 12.3. The van der Waals surface area contributed by atoms with E-state index in [0.29, 0.717) is 10.6 Å². The standard InChI is InChI=1S/C13H22N2O2S/c1-5-10-14-12-8-6-7-9-13(12)18(16,17)15(4)11(2)3/h6-9,11,14H,5,10H2,1-4H3. The van der Waals surface area contributed by atoms with Gasteiger partial charge in [0.1, 0.15) is 4.90 Å². The Morgan fingerprint density at radius 2 is 1.89 bits per heavy atom. The van der Waals surface area contributed by atoms with Crippen LogP contribution in [0.4, 0.5) is 5.69 Å². The van der Waals surface area contributed by atoms with Crippen LogP contribution >= 0.6 is 0 Å². The van der Waals surface area contributed by atoms with E-state index in [1.54, 1.807) is 25.2 Å². The third kappa shape index (κ3) is 3.23. The molecule has 0 amide bonds. The van der Waals surface area contributed by atoms with E-state index < -0.39 is 10.0 Å². The number of anilines is 1. The highest BCUT2D eigenvalue weighted by molar-refractivity contribution is 7.89. The molecule has 0 heterocycles. The lowest BCUT2D eigenvalue weighted by Crippen LogP contribution is -2.33. The van der Waals surface area contributed by atoms with E-state index >= 15 is 0 Å². The average molecular weight is 270 g/mol. The molecule has 0 unspecified atom stereocenters. The number of hydrogen-bond acceptors (Lipinski definition) is 3. The Kier molecular flexibility index (Phi) is 5.16. The van der Waals surface area contributed by atoms with Crippen LogP contribution in [0.3, 0.4) is 0 Å². The van der Waals surface area contributed by atoms with Gasteiger partial charge in [0, 0.05) is 19.6 Å². The summed E-state index contributed by atoms with van der Waals surface area (Å²) in [6, 6.07) is 6.97. The fourth-order valence-electron chi connectivity index (χ4n) is 1.53. The van der Waals surface area contributed by atoms with Crippen molar-refractivity contribution in [1.29, 1.82) is 0 Å². The normalized spacial score (nSPS) is 12.1. The molecule has 102 valence electrons. The number of nitrogens with one attached hydrogen (secondary N) is 1. The quantitative estimate of drug-likeness (QED) is 0.864. The molecule has 0 fully saturated rings. The van der Waals surface area contributed by atoms with Crippen LogP contribution in [0.2, 0.25) is 0 Å². The Balaban J connectivity index is 3.16. The lowest BCUT2D eigenvalue weighted by Gasteiger charge is -2.22. The molecule has 1 N–H and O–H groups in total. The summed E-state index contributed by atoms with van der Waals surface area (Å²) in [6.45, 7) is 6.53. The van der Waals surface area contributed by atoms with Crippen molar-refractivity contribution in [2.75, 3.05) is 18.9 Å². The van der Waals surface area contributed by atoms with Gasteiger partial charge in [-0.05, 0) is 32.4 Å². The lowest BCUT2D eigenvalue weighted by molar-refractivity contribution is 0.411. The highest BCUT2D eigenvalue weighted by atomic mass is 32.2. The van der Waals surface area contributed by atoms with Crippen molar-refractivity contribution in [3.63, 3.8) is 0 Å². The molecule has 0 saturated carbocycles. The van der Waals surface area contributed by atoms with Crippen molar-refractivity contribution in [2.24, 2.45) is 0 Å². The molecule has 5 heteroatoms. The molecule has 0 spiro atoms. The predicted octanol–water partition coefficient (Wildman–Crippen LogP) is 2.54. The minimum absolute atomic E-state index is 0.0609. The maximum atomic E-state index is 12.4. The minimum atomic E-state index is -3.43. The van der Waals surface area contributed by atoms with Gasteiger partial charge < -0.3 is 5.32 Å². The van der Waals surface area contributed by atoms with Crippen LogP contribution in [0.5, 0.6) is 0 Å². The van der Waals surface area contributed by atoms with Crippen LogP contribution in [0, 0.1) is 0 Å². The molecular formula is C13H22N2O2S. The van der Waals surface area contributed by atoms with E-state index in [-0.39, 0.29) is 6.04 Å². The monoisotopic (exact) mass is 270 g/mol. The number of hydrogen-bond donors (Lipinski definition) is 1. The minimum Gasteiger partial charge on any atom is -0.384 e. The second-order valence-electron chi connectivity index (χ2n) is 4.54. The molecule has 1 aromatic rings. The molecule has 0 aliphatic carbocycles. The highest BCUT2D eigenvalue weighted by Crippen LogP contribution is 2.24. The molecule has 4 nitrogen and oxygen atoms in total. The fourth-order valence-corrected chi connectivity index (χ4v) is 3.06. The first-order valence-electron chi connectivity index (χ1n) is 6.22. The number of benzene rings is 1. The SMILES string of the molecule is CCCNc1ccccc1S(=O)(=O)N(C)C(C)C. The van der Waals surface area contributed by atoms with Gasteiger partial charge in [-0.1, -0.05) is 19.1 Å². The summed E-state index contributed by atoms with van der Waals surface area (Å²) < 4.78 is 26.3. The molecule has 1 rings (SSSR count). The fraction of sp³-hybridized carbons (Fsp3) is 0.538. The Hall–Kier alpha value is -1.07. The summed E-state index contributed by atoms with van der Waals surface area (Å²) in [5.74, 6) is 0. The van der Waals surface area contributed by atoms with E-state index in [0.717, 1.165) is 13.0 Å². The van der Waals surface area contributed by atoms with Crippen molar-refractivity contribution in [3.8, 4) is 0 Å². The molecule has 18 heavy (non-hydrogen) atoms. The first-order chi connectivity index (χ1) is 8.41. The first kappa shape index (κ1) is 15.0. The van der Waals surface area contributed by atoms with Gasteiger partial charge in [0.2, 0.25) is 10.0 Å². The van der Waals surface area contributed by atoms with E-state index in [4.69, 9.17) is 0 Å². The zero-order valence-electron chi connectivity index (χ0n) is 11.5. The topological polar surface area (TPSA) is 49.4 Å². The van der Waals surface area contributed by atoms with E-state index in [2.05, 4.69) is 5.32 Å². The van der Waals surface area contributed by atoms with Gasteiger partial charge in [0.15, 0.2) is 0 Å². The largest absolute Gasteiger partial charge is 0.384 e. The Morgan fingerprint density at radius 1 is 1.28 bits per heavy atom. The highest BCUT2D eigenvalue weighted by Gasteiger charge is 2.25. The summed E-state index contributed by atoms with van der Waals surface area (Å²) in [4.78, 5) is 0.342. The van der Waals surface area contributed by atoms with Crippen molar-refractivity contribution < 1.29 is 8.42 Å². The van der Waals surface area contributed by atoms with Crippen LogP contribution in [-0.4, -0.2) is 32.4 Å². The van der Waals surface area contributed by atoms with Gasteiger partial charge in [-0.2, -0.15) is 4.31 Å². The van der Waals surface area contributed by atoms with E-state index in [1.165, 1.54) is 4.31 Å². The molecule has 0 radical (unpaired) electrons. The second kappa shape index (κ2) is 6.20. The Bertz CT molecular complexity index is 484. The van der Waals surface area contributed by atoms with Gasteiger partial charge in [-0.25, -0.2) is 8.42 Å². The number of nitrogens with zero attached hydrogens (tertiary/aromatic N) is 1. The van der Waals surface area contributed by atoms with Gasteiger partial charge in [0.05, 0.1) is 5.69 Å². The van der Waals surface area contributed by atoms with Crippen LogP contribution in [0.25, 0.3) is 0 Å². The zero-order chi connectivity index (χ0) is 13.8. The third-order valence-electron chi connectivity index (χ3n) is 2.84. The average Bonchev–Trinajstić information content (AvgIpc) is 2.35. The van der Waals surface area contributed by atoms with Crippen molar-refractivity contribution in [2.45, 2.75) is 38.1 Å². The molecular weight excluding hydrogens is 248 g/mol. The number of para-hydroxylation sites is 1. The summed E-state index contributed by atoms with van der Waals surface area (Å²) in [7, 11) is -1.82. The third-order valence-corrected chi connectivity index (χ3v) is 4.93. The molecule has 0 bridgehead atoms. The van der Waals surface area contributed by atoms with Crippen LogP contribution in [0.15, 0.2) is 29.2 Å². The summed E-state index contributed by atoms with van der Waals surface area (Å²) in [6.07, 6.45) is 0.953. The van der Waals surface area contributed by atoms with Crippen molar-refractivity contribution >= 4 is 15.7 Å². The lowest BCUT2D eigenvalue weighted by atomic mass is 10.3. The van der Waals surface area contributed by atoms with Crippen molar-refractivity contribution in [1.82, 2.24) is 4.31 Å². The summed E-state index contributed by atoms with van der Waals surface area (Å²) in [5.41, 5.74) is 0.673. The predicted molar refractivity (Wildman–Crippen MR) is 75.3 cm³/mol. The Labute approximate surface area is 110 Å². The van der Waals surface area contributed by atoms with Crippen LogP contribution in [-0.2, 0) is 10.0 Å². The second-order valence-corrected chi connectivity index (χ2v) is 6.50. The van der Waals surface area contributed by atoms with Gasteiger partial charge in [-0.15, -0.1) is 0 Å². The summed E-state index contributed by atoms with van der Waals surface area (Å²) in [5, 5.41) is 3.16. The van der Waals surface area contributed by atoms with Gasteiger partial charge >= 0.3 is 0 Å². The molecule has 0 aliphatic heterocycles. The summed E-state index contributed by atoms with van der Waals surface area (Å²) >= 11 is 0. The molecule has 0 saturated heterocycles. The van der Waals surface area contributed by atoms with Gasteiger partial charge in [0.25, 0.3) is 0 Å². The molecule has 1 aromatic carbocycles. The van der Waals surface area contributed by atoms with Crippen LogP contribution in [0.1, 0.15) is 27.2 Å². The number of sulfonamides is 1. The smallest absolute Gasteiger partial charge is 0.245 e. The van der Waals surface area contributed by atoms with Crippen molar-refractivity contribution in [3.05, 3.63) is 24.3 Å². The molecule has 0 atom stereocenters. The Morgan fingerprint density at radius 3 is 2.44 bits per heavy atom. The van der Waals surface area contributed by atoms with E-state index in [9.17, 15) is 8.42 Å². The van der Waals surface area contributed by atoms with Crippen LogP contribution < -0.4 is 5.32 Å². The maximum Gasteiger partial charge on any atom is 0.245 e. The van der Waals surface area contributed by atoms with Gasteiger partial charge in [-0.3, -0.25) is 0 Å². The molecule has 0 aromatic heterocycles. The number of rotatable bonds is 6. The first-order valence-corrected chi connectivity index (χ1v) is 7.66. The van der Waals surface area contributed by atoms with E-state index in [1.807, 2.05) is 26.8 Å². The maximum absolute atomic E-state index is 12.4.